The van der Waals surface area contributed by atoms with Crippen LogP contribution in [0, 0.1) is 5.92 Å². The fourth-order valence-electron chi connectivity index (χ4n) is 3.95. The first kappa shape index (κ1) is 21.9. The van der Waals surface area contributed by atoms with E-state index in [1.165, 1.54) is 11.3 Å². The summed E-state index contributed by atoms with van der Waals surface area (Å²) in [4.78, 5) is 19.3. The molecule has 0 aromatic carbocycles. The maximum atomic E-state index is 12.7. The Morgan fingerprint density at radius 1 is 1.19 bits per heavy atom. The molecular weight excluding hydrogens is 338 g/mol. The second-order valence-corrected chi connectivity index (χ2v) is 8.45. The van der Waals surface area contributed by atoms with Gasteiger partial charge in [0, 0.05) is 51.0 Å². The fraction of sp³-hybridized carbons (Fsp3) is 0.810. The van der Waals surface area contributed by atoms with Gasteiger partial charge in [-0.15, -0.1) is 0 Å². The summed E-state index contributed by atoms with van der Waals surface area (Å²) < 4.78 is 2.10. The Balaban J connectivity index is 2.18. The van der Waals surface area contributed by atoms with Crippen molar-refractivity contribution in [2.75, 3.05) is 47.3 Å². The van der Waals surface area contributed by atoms with E-state index in [1.807, 2.05) is 14.1 Å². The number of nitrogens with zero attached hydrogens (tertiary/aromatic N) is 5. The van der Waals surface area contributed by atoms with E-state index < -0.39 is 0 Å². The van der Waals surface area contributed by atoms with Gasteiger partial charge >= 0.3 is 0 Å². The molecule has 0 bridgehead atoms. The molecule has 0 radical (unpaired) electrons. The molecule has 0 fully saturated rings. The van der Waals surface area contributed by atoms with Crippen LogP contribution in [0.25, 0.3) is 0 Å². The molecule has 0 spiro atoms. The van der Waals surface area contributed by atoms with E-state index in [1.54, 1.807) is 4.90 Å². The highest BCUT2D eigenvalue weighted by atomic mass is 16.2. The number of fused-ring (bicyclic) bond motifs is 1. The van der Waals surface area contributed by atoms with Gasteiger partial charge in [0.25, 0.3) is 5.91 Å². The van der Waals surface area contributed by atoms with Crippen LogP contribution in [0.1, 0.15) is 55.9 Å². The van der Waals surface area contributed by atoms with E-state index in [4.69, 9.17) is 5.10 Å². The van der Waals surface area contributed by atoms with Crippen molar-refractivity contribution in [2.45, 2.75) is 59.5 Å². The van der Waals surface area contributed by atoms with Crippen LogP contribution in [-0.2, 0) is 19.4 Å². The van der Waals surface area contributed by atoms with Crippen LogP contribution in [0.15, 0.2) is 0 Å². The third-order valence-electron chi connectivity index (χ3n) is 5.75. The van der Waals surface area contributed by atoms with E-state index >= 15 is 0 Å². The van der Waals surface area contributed by atoms with Gasteiger partial charge in [0.1, 0.15) is 0 Å². The average Bonchev–Trinajstić information content (AvgIpc) is 2.98. The van der Waals surface area contributed by atoms with Crippen LogP contribution in [0.3, 0.4) is 0 Å². The lowest BCUT2D eigenvalue weighted by Crippen LogP contribution is -2.41. The van der Waals surface area contributed by atoms with Crippen LogP contribution in [0.5, 0.6) is 0 Å². The van der Waals surface area contributed by atoms with Crippen molar-refractivity contribution < 1.29 is 4.79 Å². The van der Waals surface area contributed by atoms with Gasteiger partial charge in [0.2, 0.25) is 0 Å². The zero-order valence-corrected chi connectivity index (χ0v) is 18.5. The molecule has 1 aromatic rings. The van der Waals surface area contributed by atoms with Crippen molar-refractivity contribution in [1.29, 1.82) is 0 Å². The smallest absolute Gasteiger partial charge is 0.274 e. The van der Waals surface area contributed by atoms with Crippen molar-refractivity contribution in [3.05, 3.63) is 17.0 Å². The molecule has 154 valence electrons. The Hall–Kier alpha value is -1.40. The highest BCUT2D eigenvalue weighted by molar-refractivity contribution is 5.93. The van der Waals surface area contributed by atoms with Gasteiger partial charge in [-0.05, 0) is 45.3 Å². The molecule has 2 rings (SSSR count). The molecule has 27 heavy (non-hydrogen) atoms. The summed E-state index contributed by atoms with van der Waals surface area (Å²) in [6, 6.07) is 0.485. The van der Waals surface area contributed by atoms with E-state index in [0.29, 0.717) is 17.7 Å². The average molecular weight is 378 g/mol. The number of carbonyl (C=O) groups is 1. The molecule has 1 aliphatic carbocycles. The van der Waals surface area contributed by atoms with Gasteiger partial charge in [0.05, 0.1) is 0 Å². The Morgan fingerprint density at radius 2 is 1.85 bits per heavy atom. The quantitative estimate of drug-likeness (QED) is 0.663. The first-order chi connectivity index (χ1) is 12.8. The minimum Gasteiger partial charge on any atom is -0.343 e. The minimum atomic E-state index is 0.0280. The van der Waals surface area contributed by atoms with Crippen molar-refractivity contribution in [1.82, 2.24) is 24.5 Å². The lowest BCUT2D eigenvalue weighted by Gasteiger charge is -2.33. The second kappa shape index (κ2) is 9.69. The van der Waals surface area contributed by atoms with Gasteiger partial charge in [-0.25, -0.2) is 0 Å². The Bertz CT molecular complexity index is 618. The molecule has 0 aliphatic heterocycles. The summed E-state index contributed by atoms with van der Waals surface area (Å²) in [7, 11) is 5.85. The van der Waals surface area contributed by atoms with Crippen LogP contribution in [0.2, 0.25) is 0 Å². The van der Waals surface area contributed by atoms with Crippen LogP contribution in [0.4, 0.5) is 0 Å². The normalized spacial score (nSPS) is 17.0. The number of aromatic nitrogens is 2. The highest BCUT2D eigenvalue weighted by Gasteiger charge is 2.31. The van der Waals surface area contributed by atoms with Crippen LogP contribution >= 0.6 is 0 Å². The molecule has 0 saturated heterocycles. The molecule has 1 heterocycles. The summed E-state index contributed by atoms with van der Waals surface area (Å²) in [5.41, 5.74) is 3.13. The van der Waals surface area contributed by atoms with E-state index in [-0.39, 0.29) is 5.91 Å². The van der Waals surface area contributed by atoms with E-state index in [9.17, 15) is 4.79 Å². The molecule has 6 heteroatoms. The molecule has 1 aliphatic rings. The number of likely N-dealkylation sites (N-methyl/N-ethyl adjacent to an activating group) is 2. The number of amides is 1. The molecule has 0 N–H and O–H groups in total. The predicted octanol–water partition coefficient (Wildman–Crippen LogP) is 2.37. The molecule has 1 amide bonds. The zero-order valence-electron chi connectivity index (χ0n) is 18.5. The maximum Gasteiger partial charge on any atom is 0.274 e. The zero-order chi connectivity index (χ0) is 20.1. The summed E-state index contributed by atoms with van der Waals surface area (Å²) in [6.07, 6.45) is 3.08. The van der Waals surface area contributed by atoms with Crippen molar-refractivity contribution >= 4 is 5.91 Å². The third kappa shape index (κ3) is 5.32. The van der Waals surface area contributed by atoms with Crippen molar-refractivity contribution in [3.8, 4) is 0 Å². The monoisotopic (exact) mass is 377 g/mol. The highest BCUT2D eigenvalue weighted by Crippen LogP contribution is 2.28. The lowest BCUT2D eigenvalue weighted by molar-refractivity contribution is 0.0819. The van der Waals surface area contributed by atoms with Gasteiger partial charge in [-0.1, -0.05) is 27.7 Å². The van der Waals surface area contributed by atoms with Crippen molar-refractivity contribution in [2.24, 2.45) is 5.92 Å². The largest absolute Gasteiger partial charge is 0.343 e. The molecule has 6 nitrogen and oxygen atoms in total. The van der Waals surface area contributed by atoms with Gasteiger partial charge in [-0.2, -0.15) is 5.10 Å². The molecule has 1 aromatic heterocycles. The van der Waals surface area contributed by atoms with Gasteiger partial charge in [0.15, 0.2) is 5.69 Å². The van der Waals surface area contributed by atoms with Gasteiger partial charge < -0.3 is 14.7 Å². The SMILES string of the molecule is CCN(CC)CCN(C)[C@@H]1CCc2c(c(C(=O)N(C)C)nn2CC(C)C)C1. The topological polar surface area (TPSA) is 44.6 Å². The first-order valence-electron chi connectivity index (χ1n) is 10.5. The number of carbonyl (C=O) groups excluding carboxylic acids is 1. The Labute approximate surface area is 165 Å². The summed E-state index contributed by atoms with van der Waals surface area (Å²) in [5, 5.41) is 4.75. The van der Waals surface area contributed by atoms with Gasteiger partial charge in [-0.3, -0.25) is 9.48 Å². The molecule has 0 unspecified atom stereocenters. The molecule has 0 saturated carbocycles. The number of rotatable bonds is 9. The molecular formula is C21H39N5O. The third-order valence-corrected chi connectivity index (χ3v) is 5.75. The first-order valence-corrected chi connectivity index (χ1v) is 10.5. The van der Waals surface area contributed by atoms with E-state index in [2.05, 4.69) is 49.2 Å². The van der Waals surface area contributed by atoms with E-state index in [0.717, 1.165) is 52.0 Å². The second-order valence-electron chi connectivity index (χ2n) is 8.45. The minimum absolute atomic E-state index is 0.0280. The number of hydrogen-bond acceptors (Lipinski definition) is 4. The maximum absolute atomic E-state index is 12.7. The fourth-order valence-corrected chi connectivity index (χ4v) is 3.95. The predicted molar refractivity (Wildman–Crippen MR) is 111 cm³/mol. The Morgan fingerprint density at radius 3 is 2.41 bits per heavy atom. The standard InChI is InChI=1S/C21H39N5O/c1-8-25(9-2)13-12-24(7)17-10-11-19-18(14-17)20(21(27)23(5)6)22-26(19)15-16(3)4/h16-17H,8-15H2,1-7H3/t17-/m1/s1. The lowest BCUT2D eigenvalue weighted by atomic mass is 9.90. The summed E-state index contributed by atoms with van der Waals surface area (Å²) >= 11 is 0. The van der Waals surface area contributed by atoms with Crippen LogP contribution in [-0.4, -0.2) is 83.8 Å². The van der Waals surface area contributed by atoms with Crippen molar-refractivity contribution in [3.63, 3.8) is 0 Å². The summed E-state index contributed by atoms with van der Waals surface area (Å²) in [6.45, 7) is 14.1. The molecule has 1 atom stereocenters. The Kier molecular flexibility index (Phi) is 7.86. The number of hydrogen-bond donors (Lipinski definition) is 0. The van der Waals surface area contributed by atoms with Crippen LogP contribution < -0.4 is 0 Å². The summed E-state index contributed by atoms with van der Waals surface area (Å²) in [5.74, 6) is 0.547.